The van der Waals surface area contributed by atoms with Crippen LogP contribution < -0.4 is 19.5 Å². The Hall–Kier alpha value is -3.20. The number of halogens is 2. The Balaban J connectivity index is 1.77. The molecule has 30 heavy (non-hydrogen) atoms. The molecular formula is C21H20F2N2O4S. The van der Waals surface area contributed by atoms with E-state index in [0.717, 1.165) is 0 Å². The minimum Gasteiger partial charge on any atom is -0.493 e. The summed E-state index contributed by atoms with van der Waals surface area (Å²) in [6, 6.07) is 11.2. The number of ether oxygens (including phenoxy) is 3. The molecule has 0 fully saturated rings. The smallest absolute Gasteiger partial charge is 0.387 e. The maximum absolute atomic E-state index is 12.6. The van der Waals surface area contributed by atoms with Crippen molar-refractivity contribution in [3.05, 3.63) is 53.4 Å². The molecule has 0 aliphatic rings. The van der Waals surface area contributed by atoms with E-state index in [1.165, 1.54) is 24.5 Å². The van der Waals surface area contributed by atoms with Gasteiger partial charge in [0.15, 0.2) is 16.6 Å². The number of carbonyl (C=O) groups is 1. The third-order valence-electron chi connectivity index (χ3n) is 3.89. The number of hydrogen-bond donors (Lipinski definition) is 1. The molecule has 0 aliphatic carbocycles. The minimum absolute atomic E-state index is 0.0150. The maximum atomic E-state index is 12.6. The van der Waals surface area contributed by atoms with E-state index < -0.39 is 6.61 Å². The highest BCUT2D eigenvalue weighted by molar-refractivity contribution is 7.14. The van der Waals surface area contributed by atoms with Gasteiger partial charge in [-0.1, -0.05) is 12.1 Å². The second kappa shape index (κ2) is 9.53. The van der Waals surface area contributed by atoms with Gasteiger partial charge < -0.3 is 14.2 Å². The van der Waals surface area contributed by atoms with Crippen molar-refractivity contribution in [2.75, 3.05) is 12.4 Å². The van der Waals surface area contributed by atoms with Crippen molar-refractivity contribution in [1.29, 1.82) is 0 Å². The number of rotatable bonds is 8. The summed E-state index contributed by atoms with van der Waals surface area (Å²) in [6.45, 7) is 0.844. The zero-order chi connectivity index (χ0) is 21.7. The molecule has 3 aromatic rings. The van der Waals surface area contributed by atoms with E-state index in [1.807, 2.05) is 13.8 Å². The van der Waals surface area contributed by atoms with E-state index in [2.05, 4.69) is 15.0 Å². The lowest BCUT2D eigenvalue weighted by Crippen LogP contribution is -2.12. The van der Waals surface area contributed by atoms with E-state index in [9.17, 15) is 13.6 Å². The third kappa shape index (κ3) is 5.24. The van der Waals surface area contributed by atoms with Gasteiger partial charge in [-0.15, -0.1) is 11.3 Å². The van der Waals surface area contributed by atoms with Gasteiger partial charge in [0.25, 0.3) is 5.91 Å². The lowest BCUT2D eigenvalue weighted by atomic mass is 10.1. The lowest BCUT2D eigenvalue weighted by molar-refractivity contribution is -0.0494. The molecule has 0 unspecified atom stereocenters. The van der Waals surface area contributed by atoms with Crippen molar-refractivity contribution in [1.82, 2.24) is 4.98 Å². The molecule has 0 bridgehead atoms. The Kier molecular flexibility index (Phi) is 6.83. The Morgan fingerprint density at radius 2 is 1.83 bits per heavy atom. The van der Waals surface area contributed by atoms with Crippen LogP contribution in [0, 0.1) is 0 Å². The van der Waals surface area contributed by atoms with Crippen LogP contribution >= 0.6 is 11.3 Å². The summed E-state index contributed by atoms with van der Waals surface area (Å²) in [7, 11) is 1.50. The highest BCUT2D eigenvalue weighted by Gasteiger charge is 2.16. The molecule has 0 aliphatic heterocycles. The number of carbonyl (C=O) groups excluding carboxylic acids is 1. The van der Waals surface area contributed by atoms with Crippen molar-refractivity contribution < 1.29 is 27.8 Å². The summed E-state index contributed by atoms with van der Waals surface area (Å²) in [5, 5.41) is 4.68. The van der Waals surface area contributed by atoms with Crippen molar-refractivity contribution >= 4 is 22.4 Å². The highest BCUT2D eigenvalue weighted by Crippen LogP contribution is 2.33. The number of alkyl halides is 2. The standard InChI is InChI=1S/C21H20F2N2O4S/c1-12(2)28-17-9-8-13(10-18(17)27-3)19(26)25-21-24-15(11-30-21)14-6-4-5-7-16(14)29-20(22)23/h4-12,20H,1-3H3,(H,24,25,26). The van der Waals surface area contributed by atoms with Crippen molar-refractivity contribution in [2.24, 2.45) is 0 Å². The van der Waals surface area contributed by atoms with E-state index in [1.54, 1.807) is 41.8 Å². The van der Waals surface area contributed by atoms with Crippen LogP contribution in [0.2, 0.25) is 0 Å². The first-order valence-corrected chi connectivity index (χ1v) is 9.91. The topological polar surface area (TPSA) is 69.7 Å². The predicted molar refractivity (Wildman–Crippen MR) is 111 cm³/mol. The third-order valence-corrected chi connectivity index (χ3v) is 4.65. The maximum Gasteiger partial charge on any atom is 0.387 e. The van der Waals surface area contributed by atoms with E-state index in [4.69, 9.17) is 9.47 Å². The van der Waals surface area contributed by atoms with E-state index >= 15 is 0 Å². The molecule has 0 radical (unpaired) electrons. The molecule has 1 N–H and O–H groups in total. The Morgan fingerprint density at radius 3 is 2.53 bits per heavy atom. The van der Waals surface area contributed by atoms with Crippen LogP contribution in [0.15, 0.2) is 47.8 Å². The Morgan fingerprint density at radius 1 is 1.07 bits per heavy atom. The van der Waals surface area contributed by atoms with Crippen LogP contribution in [-0.2, 0) is 0 Å². The number of methoxy groups -OCH3 is 1. The molecule has 1 heterocycles. The van der Waals surface area contributed by atoms with Crippen LogP contribution in [0.1, 0.15) is 24.2 Å². The number of aromatic nitrogens is 1. The fourth-order valence-electron chi connectivity index (χ4n) is 2.66. The summed E-state index contributed by atoms with van der Waals surface area (Å²) >= 11 is 1.17. The van der Waals surface area contributed by atoms with Gasteiger partial charge in [-0.25, -0.2) is 4.98 Å². The molecule has 2 aromatic carbocycles. The quantitative estimate of drug-likeness (QED) is 0.510. The molecule has 0 saturated carbocycles. The zero-order valence-electron chi connectivity index (χ0n) is 16.5. The molecular weight excluding hydrogens is 414 g/mol. The number of nitrogens with one attached hydrogen (secondary N) is 1. The normalized spacial score (nSPS) is 10.9. The van der Waals surface area contributed by atoms with Gasteiger partial charge in [0, 0.05) is 16.5 Å². The number of amides is 1. The van der Waals surface area contributed by atoms with Gasteiger partial charge in [-0.05, 0) is 44.2 Å². The van der Waals surface area contributed by atoms with E-state index in [-0.39, 0.29) is 17.8 Å². The average molecular weight is 434 g/mol. The molecule has 6 nitrogen and oxygen atoms in total. The summed E-state index contributed by atoms with van der Waals surface area (Å²) in [5.41, 5.74) is 1.19. The summed E-state index contributed by atoms with van der Waals surface area (Å²) in [6.07, 6.45) is -0.0377. The van der Waals surface area contributed by atoms with Gasteiger partial charge in [-0.3, -0.25) is 10.1 Å². The van der Waals surface area contributed by atoms with E-state index in [0.29, 0.717) is 33.5 Å². The number of thiazole rings is 1. The molecule has 0 spiro atoms. The summed E-state index contributed by atoms with van der Waals surface area (Å²) in [5.74, 6) is 0.606. The molecule has 9 heteroatoms. The number of hydrogen-bond acceptors (Lipinski definition) is 6. The van der Waals surface area contributed by atoms with Crippen molar-refractivity contribution in [2.45, 2.75) is 26.6 Å². The van der Waals surface area contributed by atoms with Crippen LogP contribution in [0.25, 0.3) is 11.3 Å². The molecule has 1 amide bonds. The van der Waals surface area contributed by atoms with Crippen molar-refractivity contribution in [3.8, 4) is 28.5 Å². The summed E-state index contributed by atoms with van der Waals surface area (Å²) < 4.78 is 40.7. The molecule has 0 atom stereocenters. The lowest BCUT2D eigenvalue weighted by Gasteiger charge is -2.14. The summed E-state index contributed by atoms with van der Waals surface area (Å²) in [4.78, 5) is 16.9. The molecule has 158 valence electrons. The van der Waals surface area contributed by atoms with Gasteiger partial charge >= 0.3 is 6.61 Å². The van der Waals surface area contributed by atoms with Crippen LogP contribution in [0.5, 0.6) is 17.2 Å². The van der Waals surface area contributed by atoms with Crippen LogP contribution in [0.4, 0.5) is 13.9 Å². The fourth-order valence-corrected chi connectivity index (χ4v) is 3.37. The Labute approximate surface area is 176 Å². The SMILES string of the molecule is COc1cc(C(=O)Nc2nc(-c3ccccc3OC(F)F)cs2)ccc1OC(C)C. The predicted octanol–water partition coefficient (Wildman–Crippen LogP) is 5.46. The largest absolute Gasteiger partial charge is 0.493 e. The van der Waals surface area contributed by atoms with Crippen LogP contribution in [-0.4, -0.2) is 30.7 Å². The monoisotopic (exact) mass is 434 g/mol. The zero-order valence-corrected chi connectivity index (χ0v) is 17.3. The molecule has 0 saturated heterocycles. The van der Waals surface area contributed by atoms with Crippen molar-refractivity contribution in [3.63, 3.8) is 0 Å². The highest BCUT2D eigenvalue weighted by atomic mass is 32.1. The van der Waals surface area contributed by atoms with Gasteiger partial charge in [0.05, 0.1) is 18.9 Å². The second-order valence-electron chi connectivity index (χ2n) is 6.40. The first-order valence-electron chi connectivity index (χ1n) is 9.03. The minimum atomic E-state index is -2.94. The average Bonchev–Trinajstić information content (AvgIpc) is 3.16. The molecule has 1 aromatic heterocycles. The van der Waals surface area contributed by atoms with Gasteiger partial charge in [0.2, 0.25) is 0 Å². The number of para-hydroxylation sites is 1. The number of anilines is 1. The first-order chi connectivity index (χ1) is 14.4. The van der Waals surface area contributed by atoms with Crippen LogP contribution in [0.3, 0.4) is 0 Å². The first kappa shape index (κ1) is 21.5. The second-order valence-corrected chi connectivity index (χ2v) is 7.26. The molecule has 3 rings (SSSR count). The van der Waals surface area contributed by atoms with Gasteiger partial charge in [0.1, 0.15) is 5.75 Å². The fraction of sp³-hybridized carbons (Fsp3) is 0.238. The Bertz CT molecular complexity index is 1020. The number of benzene rings is 2. The number of nitrogens with zero attached hydrogens (tertiary/aromatic N) is 1. The van der Waals surface area contributed by atoms with Gasteiger partial charge in [-0.2, -0.15) is 8.78 Å².